The van der Waals surface area contributed by atoms with E-state index in [0.717, 1.165) is 11.6 Å². The van der Waals surface area contributed by atoms with Gasteiger partial charge in [0.2, 0.25) is 0 Å². The molecule has 1 aliphatic rings. The quantitative estimate of drug-likeness (QED) is 0.818. The number of thiazole rings is 1. The molecule has 0 unspecified atom stereocenters. The first-order valence-corrected chi connectivity index (χ1v) is 5.64. The lowest BCUT2D eigenvalue weighted by Gasteiger charge is -2.20. The zero-order chi connectivity index (χ0) is 9.97. The molecule has 3 nitrogen and oxygen atoms in total. The summed E-state index contributed by atoms with van der Waals surface area (Å²) in [6.07, 6.45) is 1.63. The van der Waals surface area contributed by atoms with Gasteiger partial charge < -0.3 is 5.73 Å². The van der Waals surface area contributed by atoms with Crippen molar-refractivity contribution in [1.82, 2.24) is 9.88 Å². The van der Waals surface area contributed by atoms with Crippen LogP contribution >= 0.6 is 11.3 Å². The van der Waals surface area contributed by atoms with Gasteiger partial charge in [-0.25, -0.2) is 9.37 Å². The van der Waals surface area contributed by atoms with E-state index in [0.29, 0.717) is 19.5 Å². The highest BCUT2D eigenvalue weighted by molar-refractivity contribution is 7.09. The third-order valence-corrected chi connectivity index (χ3v) is 3.34. The Kier molecular flexibility index (Phi) is 3.10. The topological polar surface area (TPSA) is 42.1 Å². The molecule has 1 saturated heterocycles. The molecule has 5 heteroatoms. The summed E-state index contributed by atoms with van der Waals surface area (Å²) in [7, 11) is 0. The van der Waals surface area contributed by atoms with Crippen LogP contribution in [0.25, 0.3) is 0 Å². The molecule has 0 aromatic carbocycles. The molecule has 78 valence electrons. The highest BCUT2D eigenvalue weighted by atomic mass is 32.1. The average molecular weight is 215 g/mol. The Morgan fingerprint density at radius 2 is 2.57 bits per heavy atom. The molecule has 0 aliphatic carbocycles. The summed E-state index contributed by atoms with van der Waals surface area (Å²) in [4.78, 5) is 6.27. The molecule has 1 fully saturated rings. The van der Waals surface area contributed by atoms with Gasteiger partial charge in [-0.1, -0.05) is 0 Å². The summed E-state index contributed by atoms with van der Waals surface area (Å²) in [5.74, 6) is 0. The van der Waals surface area contributed by atoms with Gasteiger partial charge in [-0.2, -0.15) is 0 Å². The van der Waals surface area contributed by atoms with Gasteiger partial charge in [0.1, 0.15) is 11.2 Å². The molecule has 1 aliphatic heterocycles. The van der Waals surface area contributed by atoms with E-state index in [1.165, 1.54) is 0 Å². The maximum Gasteiger partial charge on any atom is 0.114 e. The Bertz CT molecular complexity index is 278. The first kappa shape index (κ1) is 10.0. The number of alkyl halides is 1. The molecule has 2 N–H and O–H groups in total. The maximum atomic E-state index is 13.1. The molecule has 0 bridgehead atoms. The number of halogens is 1. The van der Waals surface area contributed by atoms with E-state index in [-0.39, 0.29) is 6.04 Å². The summed E-state index contributed by atoms with van der Waals surface area (Å²) in [5.41, 5.74) is 5.59. The summed E-state index contributed by atoms with van der Waals surface area (Å²) < 4.78 is 13.1. The van der Waals surface area contributed by atoms with Gasteiger partial charge in [-0.15, -0.1) is 11.3 Å². The van der Waals surface area contributed by atoms with E-state index in [9.17, 15) is 4.39 Å². The second-order valence-electron chi connectivity index (χ2n) is 3.58. The van der Waals surface area contributed by atoms with E-state index in [4.69, 9.17) is 5.73 Å². The van der Waals surface area contributed by atoms with Gasteiger partial charge in [-0.05, 0) is 6.42 Å². The van der Waals surface area contributed by atoms with Crippen LogP contribution < -0.4 is 5.73 Å². The smallest absolute Gasteiger partial charge is 0.114 e. The van der Waals surface area contributed by atoms with Crippen molar-refractivity contribution in [2.24, 2.45) is 5.73 Å². The van der Waals surface area contributed by atoms with E-state index < -0.39 is 6.17 Å². The van der Waals surface area contributed by atoms with Crippen LogP contribution in [0.3, 0.4) is 0 Å². The van der Waals surface area contributed by atoms with Gasteiger partial charge in [0.05, 0.1) is 6.54 Å². The van der Waals surface area contributed by atoms with Crippen molar-refractivity contribution < 1.29 is 4.39 Å². The molecule has 2 rings (SSSR count). The molecule has 0 radical (unpaired) electrons. The number of nitrogens with zero attached hydrogens (tertiary/aromatic N) is 2. The maximum absolute atomic E-state index is 13.1. The number of aromatic nitrogens is 1. The largest absolute Gasteiger partial charge is 0.329 e. The van der Waals surface area contributed by atoms with E-state index in [1.807, 2.05) is 5.38 Å². The van der Waals surface area contributed by atoms with Crippen molar-refractivity contribution in [1.29, 1.82) is 0 Å². The molecule has 0 spiro atoms. The minimum Gasteiger partial charge on any atom is -0.329 e. The Morgan fingerprint density at radius 1 is 1.71 bits per heavy atom. The number of rotatable bonds is 3. The number of likely N-dealkylation sites (tertiary alicyclic amines) is 1. The first-order valence-electron chi connectivity index (χ1n) is 4.76. The van der Waals surface area contributed by atoms with Crippen LogP contribution in [-0.2, 0) is 6.54 Å². The lowest BCUT2D eigenvalue weighted by molar-refractivity contribution is 0.238. The monoisotopic (exact) mass is 215 g/mol. The van der Waals surface area contributed by atoms with Crippen LogP contribution in [0.2, 0.25) is 0 Å². The van der Waals surface area contributed by atoms with Gasteiger partial charge in [0.15, 0.2) is 0 Å². The minimum absolute atomic E-state index is 0.189. The Labute approximate surface area is 86.7 Å². The zero-order valence-corrected chi connectivity index (χ0v) is 8.71. The first-order chi connectivity index (χ1) is 6.79. The second-order valence-corrected chi connectivity index (χ2v) is 4.56. The van der Waals surface area contributed by atoms with E-state index in [2.05, 4.69) is 9.88 Å². The van der Waals surface area contributed by atoms with E-state index in [1.54, 1.807) is 17.5 Å². The van der Waals surface area contributed by atoms with Crippen LogP contribution in [0.5, 0.6) is 0 Å². The summed E-state index contributed by atoms with van der Waals surface area (Å²) in [5, 5.41) is 2.98. The molecule has 1 aromatic heterocycles. The lowest BCUT2D eigenvalue weighted by Crippen LogP contribution is -2.34. The molecular weight excluding hydrogens is 201 g/mol. The number of nitrogens with two attached hydrogens (primary N) is 1. The Balaban J connectivity index is 1.97. The molecular formula is C9H14FN3S. The normalized spacial score (nSPS) is 28.4. The van der Waals surface area contributed by atoms with Crippen LogP contribution in [0.4, 0.5) is 4.39 Å². The van der Waals surface area contributed by atoms with Crippen molar-refractivity contribution in [3.05, 3.63) is 16.6 Å². The van der Waals surface area contributed by atoms with Gasteiger partial charge in [0.25, 0.3) is 0 Å². The van der Waals surface area contributed by atoms with Crippen LogP contribution in [-0.4, -0.2) is 35.2 Å². The van der Waals surface area contributed by atoms with Gasteiger partial charge in [-0.3, -0.25) is 4.90 Å². The average Bonchev–Trinajstić information content (AvgIpc) is 2.76. The second kappa shape index (κ2) is 4.33. The van der Waals surface area contributed by atoms with Crippen molar-refractivity contribution in [3.63, 3.8) is 0 Å². The fraction of sp³-hybridized carbons (Fsp3) is 0.667. The van der Waals surface area contributed by atoms with Crippen LogP contribution in [0.15, 0.2) is 11.6 Å². The molecule has 2 atom stereocenters. The molecule has 0 amide bonds. The minimum atomic E-state index is -0.719. The number of hydrogen-bond donors (Lipinski definition) is 1. The molecule has 1 aromatic rings. The predicted octanol–water partition coefficient (Wildman–Crippen LogP) is 1.01. The van der Waals surface area contributed by atoms with Crippen molar-refractivity contribution in [3.8, 4) is 0 Å². The third-order valence-electron chi connectivity index (χ3n) is 2.57. The van der Waals surface area contributed by atoms with Gasteiger partial charge in [0, 0.05) is 30.7 Å². The van der Waals surface area contributed by atoms with Crippen molar-refractivity contribution >= 4 is 11.3 Å². The Morgan fingerprint density at radius 3 is 3.21 bits per heavy atom. The Hall–Kier alpha value is -0.520. The molecule has 0 saturated carbocycles. The molecule has 2 heterocycles. The zero-order valence-electron chi connectivity index (χ0n) is 7.90. The SMILES string of the molecule is NC[C@@H]1C[C@@H](F)CN1Cc1nccs1. The third kappa shape index (κ3) is 2.10. The van der Waals surface area contributed by atoms with Crippen LogP contribution in [0, 0.1) is 0 Å². The fourth-order valence-corrected chi connectivity index (χ4v) is 2.51. The van der Waals surface area contributed by atoms with Gasteiger partial charge >= 0.3 is 0 Å². The summed E-state index contributed by atoms with van der Waals surface area (Å²) in [6, 6.07) is 0.189. The molecule has 14 heavy (non-hydrogen) atoms. The van der Waals surface area contributed by atoms with Crippen LogP contribution in [0.1, 0.15) is 11.4 Å². The predicted molar refractivity (Wildman–Crippen MR) is 54.9 cm³/mol. The summed E-state index contributed by atoms with van der Waals surface area (Å²) in [6.45, 7) is 1.77. The van der Waals surface area contributed by atoms with E-state index >= 15 is 0 Å². The highest BCUT2D eigenvalue weighted by Crippen LogP contribution is 2.22. The standard InChI is InChI=1S/C9H14FN3S/c10-7-3-8(4-11)13(5-7)6-9-12-1-2-14-9/h1-2,7-8H,3-6,11H2/t7-,8+/m1/s1. The van der Waals surface area contributed by atoms with Crippen molar-refractivity contribution in [2.45, 2.75) is 25.2 Å². The summed E-state index contributed by atoms with van der Waals surface area (Å²) >= 11 is 1.61. The number of hydrogen-bond acceptors (Lipinski definition) is 4. The fourth-order valence-electron chi connectivity index (χ4n) is 1.87. The highest BCUT2D eigenvalue weighted by Gasteiger charge is 2.31. The lowest BCUT2D eigenvalue weighted by atomic mass is 10.2. The van der Waals surface area contributed by atoms with Crippen molar-refractivity contribution in [2.75, 3.05) is 13.1 Å².